The molecule has 0 saturated carbocycles. The molecule has 0 N–H and O–H groups in total. The molecule has 2 rings (SSSR count). The van der Waals surface area contributed by atoms with E-state index in [2.05, 4.69) is 25.9 Å². The monoisotopic (exact) mass is 445 g/mol. The number of ether oxygens (including phenoxy) is 1. The molecule has 1 aromatic carbocycles. The van der Waals surface area contributed by atoms with Crippen molar-refractivity contribution in [3.63, 3.8) is 0 Å². The lowest BCUT2D eigenvalue weighted by Crippen LogP contribution is -2.11. The number of benzene rings is 1. The SMILES string of the molecule is O=[N+]([O-])c1cc(Br)cc(C(F)(F)F)c1OCc1c(Cl)ncnc1Cl. The average molecular weight is 447 g/mol. The van der Waals surface area contributed by atoms with E-state index in [9.17, 15) is 23.3 Å². The van der Waals surface area contributed by atoms with Crippen LogP contribution in [0.15, 0.2) is 22.9 Å². The molecule has 0 fully saturated rings. The molecule has 0 spiro atoms. The fourth-order valence-corrected chi connectivity index (χ4v) is 2.58. The van der Waals surface area contributed by atoms with Crippen molar-refractivity contribution in [2.45, 2.75) is 12.8 Å². The maximum atomic E-state index is 13.2. The Kier molecular flexibility index (Phi) is 5.51. The predicted molar refractivity (Wildman–Crippen MR) is 82.2 cm³/mol. The first-order valence-corrected chi connectivity index (χ1v) is 7.49. The number of hydrogen-bond donors (Lipinski definition) is 0. The quantitative estimate of drug-likeness (QED) is 0.373. The maximum absolute atomic E-state index is 13.2. The van der Waals surface area contributed by atoms with Crippen molar-refractivity contribution in [2.24, 2.45) is 0 Å². The van der Waals surface area contributed by atoms with Crippen LogP contribution in [0.4, 0.5) is 18.9 Å². The van der Waals surface area contributed by atoms with E-state index >= 15 is 0 Å². The summed E-state index contributed by atoms with van der Waals surface area (Å²) in [4.78, 5) is 17.3. The first-order valence-electron chi connectivity index (χ1n) is 5.94. The van der Waals surface area contributed by atoms with Gasteiger partial charge in [-0.15, -0.1) is 0 Å². The van der Waals surface area contributed by atoms with Crippen molar-refractivity contribution in [1.82, 2.24) is 9.97 Å². The summed E-state index contributed by atoms with van der Waals surface area (Å²) in [6.07, 6.45) is -3.82. The van der Waals surface area contributed by atoms with E-state index < -0.39 is 34.7 Å². The molecular weight excluding hydrogens is 442 g/mol. The van der Waals surface area contributed by atoms with E-state index in [4.69, 9.17) is 27.9 Å². The smallest absolute Gasteiger partial charge is 0.420 e. The lowest BCUT2D eigenvalue weighted by Gasteiger charge is -2.15. The number of aromatic nitrogens is 2. The van der Waals surface area contributed by atoms with E-state index in [0.717, 1.165) is 12.4 Å². The van der Waals surface area contributed by atoms with E-state index in [-0.39, 0.29) is 20.3 Å². The van der Waals surface area contributed by atoms with Crippen LogP contribution in [0.5, 0.6) is 5.75 Å². The third-order valence-corrected chi connectivity index (χ3v) is 3.85. The van der Waals surface area contributed by atoms with Crippen molar-refractivity contribution >= 4 is 44.8 Å². The maximum Gasteiger partial charge on any atom is 0.420 e. The normalized spacial score (nSPS) is 11.4. The second kappa shape index (κ2) is 7.08. The van der Waals surface area contributed by atoms with Crippen LogP contribution in [0.25, 0.3) is 0 Å². The van der Waals surface area contributed by atoms with Crippen LogP contribution in [0.2, 0.25) is 10.3 Å². The number of nitro groups is 1. The average Bonchev–Trinajstić information content (AvgIpc) is 2.46. The Labute approximate surface area is 150 Å². The molecule has 1 heterocycles. The summed E-state index contributed by atoms with van der Waals surface area (Å²) in [6.45, 7) is -0.579. The Hall–Kier alpha value is -1.65. The van der Waals surface area contributed by atoms with E-state index in [1.165, 1.54) is 0 Å². The summed E-state index contributed by atoms with van der Waals surface area (Å²) in [7, 11) is 0. The Morgan fingerprint density at radius 1 is 1.25 bits per heavy atom. The molecule has 2 aromatic rings. The van der Waals surface area contributed by atoms with Crippen LogP contribution in [-0.4, -0.2) is 14.9 Å². The Morgan fingerprint density at radius 3 is 2.33 bits per heavy atom. The van der Waals surface area contributed by atoms with Crippen LogP contribution < -0.4 is 4.74 Å². The lowest BCUT2D eigenvalue weighted by molar-refractivity contribution is -0.386. The third kappa shape index (κ3) is 4.05. The molecule has 12 heteroatoms. The molecule has 0 amide bonds. The highest BCUT2D eigenvalue weighted by Crippen LogP contribution is 2.44. The Bertz CT molecular complexity index is 785. The second-order valence-electron chi connectivity index (χ2n) is 4.28. The summed E-state index contributed by atoms with van der Waals surface area (Å²) in [5, 5.41) is 10.8. The second-order valence-corrected chi connectivity index (χ2v) is 5.91. The van der Waals surface area contributed by atoms with Gasteiger partial charge in [-0.25, -0.2) is 9.97 Å². The molecule has 1 aromatic heterocycles. The number of nitro benzene ring substituents is 1. The summed E-state index contributed by atoms with van der Waals surface area (Å²) in [5.74, 6) is -0.952. The van der Waals surface area contributed by atoms with Crippen molar-refractivity contribution < 1.29 is 22.8 Å². The van der Waals surface area contributed by atoms with Gasteiger partial charge in [-0.2, -0.15) is 13.2 Å². The van der Waals surface area contributed by atoms with E-state index in [1.54, 1.807) is 0 Å². The fraction of sp³-hybridized carbons (Fsp3) is 0.167. The van der Waals surface area contributed by atoms with Gasteiger partial charge in [0.15, 0.2) is 0 Å². The Balaban J connectivity index is 2.50. The molecule has 0 aliphatic heterocycles. The van der Waals surface area contributed by atoms with Gasteiger partial charge in [0, 0.05) is 10.5 Å². The van der Waals surface area contributed by atoms with Gasteiger partial charge in [-0.1, -0.05) is 39.1 Å². The largest absolute Gasteiger partial charge is 0.481 e. The van der Waals surface area contributed by atoms with E-state index in [0.29, 0.717) is 6.07 Å². The highest BCUT2D eigenvalue weighted by Gasteiger charge is 2.39. The van der Waals surface area contributed by atoms with Gasteiger partial charge in [0.1, 0.15) is 28.8 Å². The highest BCUT2D eigenvalue weighted by molar-refractivity contribution is 9.10. The summed E-state index contributed by atoms with van der Waals surface area (Å²) < 4.78 is 44.4. The van der Waals surface area contributed by atoms with Crippen molar-refractivity contribution in [3.8, 4) is 5.75 Å². The topological polar surface area (TPSA) is 78.2 Å². The van der Waals surface area contributed by atoms with Crippen molar-refractivity contribution in [1.29, 1.82) is 0 Å². The number of halogens is 6. The standard InChI is InChI=1S/C12H5BrCl2F3N3O3/c13-5-1-7(12(16,17)18)9(8(2-5)21(22)23)24-3-6-10(14)19-4-20-11(6)15/h1-2,4H,3H2. The summed E-state index contributed by atoms with van der Waals surface area (Å²) in [5.41, 5.74) is -2.17. The van der Waals surface area contributed by atoms with Crippen molar-refractivity contribution in [2.75, 3.05) is 0 Å². The molecule has 0 saturated heterocycles. The van der Waals surface area contributed by atoms with Crippen LogP contribution in [-0.2, 0) is 12.8 Å². The first-order chi connectivity index (χ1) is 11.1. The number of hydrogen-bond acceptors (Lipinski definition) is 5. The molecule has 128 valence electrons. The molecule has 0 unspecified atom stereocenters. The minimum absolute atomic E-state index is 0.00572. The number of alkyl halides is 3. The number of rotatable bonds is 4. The van der Waals surface area contributed by atoms with Crippen LogP contribution in [0, 0.1) is 10.1 Å². The van der Waals surface area contributed by atoms with Gasteiger partial charge >= 0.3 is 11.9 Å². The van der Waals surface area contributed by atoms with Gasteiger partial charge in [-0.05, 0) is 6.07 Å². The van der Waals surface area contributed by atoms with Gasteiger partial charge in [0.05, 0.1) is 10.5 Å². The molecule has 24 heavy (non-hydrogen) atoms. The molecule has 0 aliphatic carbocycles. The zero-order valence-corrected chi connectivity index (χ0v) is 14.4. The predicted octanol–water partition coefficient (Wildman–Crippen LogP) is 5.05. The zero-order valence-electron chi connectivity index (χ0n) is 11.3. The van der Waals surface area contributed by atoms with Crippen LogP contribution >= 0.6 is 39.1 Å². The van der Waals surface area contributed by atoms with Gasteiger partial charge < -0.3 is 4.74 Å². The first kappa shape index (κ1) is 18.7. The molecule has 0 atom stereocenters. The van der Waals surface area contributed by atoms with Gasteiger partial charge in [0.2, 0.25) is 5.75 Å². The summed E-state index contributed by atoms with van der Waals surface area (Å²) in [6, 6.07) is 1.57. The minimum atomic E-state index is -4.87. The molecular formula is C12H5BrCl2F3N3O3. The Morgan fingerprint density at radius 2 is 1.83 bits per heavy atom. The van der Waals surface area contributed by atoms with Gasteiger partial charge in [0.25, 0.3) is 0 Å². The summed E-state index contributed by atoms with van der Waals surface area (Å²) >= 11 is 14.4. The number of nitrogens with zero attached hydrogens (tertiary/aromatic N) is 3. The highest BCUT2D eigenvalue weighted by atomic mass is 79.9. The van der Waals surface area contributed by atoms with E-state index in [1.807, 2.05) is 0 Å². The van der Waals surface area contributed by atoms with Crippen LogP contribution in [0.1, 0.15) is 11.1 Å². The molecule has 0 bridgehead atoms. The minimum Gasteiger partial charge on any atom is -0.481 e. The fourth-order valence-electron chi connectivity index (χ4n) is 1.71. The third-order valence-electron chi connectivity index (χ3n) is 2.74. The van der Waals surface area contributed by atoms with Crippen molar-refractivity contribution in [3.05, 3.63) is 54.5 Å². The lowest BCUT2D eigenvalue weighted by atomic mass is 10.1. The van der Waals surface area contributed by atoms with Gasteiger partial charge in [-0.3, -0.25) is 10.1 Å². The zero-order chi connectivity index (χ0) is 18.1. The van der Waals surface area contributed by atoms with Crippen LogP contribution in [0.3, 0.4) is 0 Å². The molecule has 0 radical (unpaired) electrons. The molecule has 6 nitrogen and oxygen atoms in total. The molecule has 0 aliphatic rings.